The number of carbonyl (C=O) groups excluding carboxylic acids is 2. The van der Waals surface area contributed by atoms with Gasteiger partial charge in [0.25, 0.3) is 17.5 Å². The van der Waals surface area contributed by atoms with E-state index in [1.165, 1.54) is 27.8 Å². The van der Waals surface area contributed by atoms with Crippen LogP contribution in [0.25, 0.3) is 11.8 Å². The van der Waals surface area contributed by atoms with Crippen molar-refractivity contribution in [1.29, 1.82) is 0 Å². The molecule has 1 aliphatic rings. The Labute approximate surface area is 231 Å². The van der Waals surface area contributed by atoms with Crippen molar-refractivity contribution in [1.82, 2.24) is 25.5 Å². The van der Waals surface area contributed by atoms with E-state index in [1.807, 2.05) is 56.3 Å². The lowest BCUT2D eigenvalue weighted by Gasteiger charge is -2.30. The van der Waals surface area contributed by atoms with Crippen molar-refractivity contribution in [2.24, 2.45) is 0 Å². The molecule has 1 saturated heterocycles. The summed E-state index contributed by atoms with van der Waals surface area (Å²) in [6.45, 7) is 3.77. The molecule has 2 heterocycles. The molecular weight excluding hydrogens is 538 g/mol. The second kappa shape index (κ2) is 10.6. The number of hydrogen-bond acceptors (Lipinski definition) is 9. The fraction of sp³-hybridized carbons (Fsp3) is 0.0769. The van der Waals surface area contributed by atoms with Gasteiger partial charge in [-0.25, -0.2) is 0 Å². The molecule has 13 heteroatoms. The van der Waals surface area contributed by atoms with Crippen LogP contribution >= 0.6 is 24.0 Å². The highest BCUT2D eigenvalue weighted by atomic mass is 32.2. The van der Waals surface area contributed by atoms with Gasteiger partial charge in [-0.3, -0.25) is 29.9 Å². The number of rotatable bonds is 6. The number of aromatic nitrogens is 4. The predicted molar refractivity (Wildman–Crippen MR) is 148 cm³/mol. The Morgan fingerprint density at radius 1 is 1.05 bits per heavy atom. The number of hydrogen-bond donors (Lipinski definition) is 1. The summed E-state index contributed by atoms with van der Waals surface area (Å²) in [7, 11) is 0. The maximum Gasteiger partial charge on any atom is 0.283 e. The number of nitro benzene ring substituents is 1. The van der Waals surface area contributed by atoms with E-state index in [4.69, 9.17) is 12.2 Å². The van der Waals surface area contributed by atoms with Gasteiger partial charge in [-0.05, 0) is 89.7 Å². The van der Waals surface area contributed by atoms with Crippen molar-refractivity contribution in [2.75, 3.05) is 4.90 Å². The Morgan fingerprint density at radius 3 is 2.54 bits per heavy atom. The number of aryl methyl sites for hydroxylation is 2. The average molecular weight is 558 g/mol. The molecule has 0 aliphatic carbocycles. The number of carbonyl (C=O) groups is 2. The highest BCUT2D eigenvalue weighted by Gasteiger charge is 2.35. The first kappa shape index (κ1) is 25.9. The van der Waals surface area contributed by atoms with Gasteiger partial charge in [-0.1, -0.05) is 42.0 Å². The molecule has 194 valence electrons. The van der Waals surface area contributed by atoms with Gasteiger partial charge in [-0.2, -0.15) is 4.68 Å². The molecule has 3 aromatic carbocycles. The van der Waals surface area contributed by atoms with E-state index < -0.39 is 16.7 Å². The second-order valence-corrected chi connectivity index (χ2v) is 9.94. The van der Waals surface area contributed by atoms with Crippen molar-refractivity contribution in [3.8, 4) is 5.69 Å². The van der Waals surface area contributed by atoms with Gasteiger partial charge in [0.1, 0.15) is 5.57 Å². The van der Waals surface area contributed by atoms with Crippen LogP contribution < -0.4 is 10.2 Å². The Morgan fingerprint density at radius 2 is 1.82 bits per heavy atom. The van der Waals surface area contributed by atoms with Gasteiger partial charge in [0.2, 0.25) is 5.16 Å². The molecule has 2 amide bonds. The van der Waals surface area contributed by atoms with E-state index >= 15 is 0 Å². The van der Waals surface area contributed by atoms with Gasteiger partial charge in [0.05, 0.1) is 21.2 Å². The van der Waals surface area contributed by atoms with Crippen molar-refractivity contribution in [2.45, 2.75) is 23.9 Å². The minimum atomic E-state index is -0.686. The summed E-state index contributed by atoms with van der Waals surface area (Å²) >= 11 is 6.30. The molecule has 1 fully saturated rings. The largest absolute Gasteiger partial charge is 0.298 e. The molecule has 5 rings (SSSR count). The lowest BCUT2D eigenvalue weighted by Crippen LogP contribution is -2.54. The van der Waals surface area contributed by atoms with Crippen molar-refractivity contribution >= 4 is 58.4 Å². The molecule has 1 N–H and O–H groups in total. The third-order valence-corrected chi connectivity index (χ3v) is 7.12. The number of para-hydroxylation sites is 1. The minimum Gasteiger partial charge on any atom is -0.298 e. The van der Waals surface area contributed by atoms with Crippen LogP contribution in [0.4, 0.5) is 11.4 Å². The van der Waals surface area contributed by atoms with E-state index in [1.54, 1.807) is 12.1 Å². The van der Waals surface area contributed by atoms with Gasteiger partial charge in [-0.15, -0.1) is 5.10 Å². The molecule has 1 aliphatic heterocycles. The second-order valence-electron chi connectivity index (χ2n) is 8.54. The lowest BCUT2D eigenvalue weighted by atomic mass is 10.0. The van der Waals surface area contributed by atoms with E-state index in [0.29, 0.717) is 22.1 Å². The van der Waals surface area contributed by atoms with Crippen molar-refractivity contribution in [3.63, 3.8) is 0 Å². The van der Waals surface area contributed by atoms with Gasteiger partial charge >= 0.3 is 0 Å². The smallest absolute Gasteiger partial charge is 0.283 e. The number of nitro groups is 1. The molecule has 11 nitrogen and oxygen atoms in total. The van der Waals surface area contributed by atoms with Crippen LogP contribution in [0.15, 0.2) is 82.4 Å². The first-order valence-electron chi connectivity index (χ1n) is 11.5. The van der Waals surface area contributed by atoms with Crippen LogP contribution in [0, 0.1) is 24.0 Å². The molecular formula is C26H19N7O4S2. The van der Waals surface area contributed by atoms with Crippen LogP contribution in [-0.4, -0.2) is 42.1 Å². The van der Waals surface area contributed by atoms with E-state index in [-0.39, 0.29) is 21.3 Å². The highest BCUT2D eigenvalue weighted by Crippen LogP contribution is 2.35. The topological polar surface area (TPSA) is 136 Å². The fourth-order valence-electron chi connectivity index (χ4n) is 4.02. The monoisotopic (exact) mass is 557 g/mol. The van der Waals surface area contributed by atoms with E-state index in [9.17, 15) is 19.7 Å². The Balaban J connectivity index is 1.49. The average Bonchev–Trinajstić information content (AvgIpc) is 3.37. The van der Waals surface area contributed by atoms with Gasteiger partial charge < -0.3 is 0 Å². The molecule has 0 atom stereocenters. The SMILES string of the molecule is Cc1ccc(N2C(=O)/C(=C/c3ccc(Sc4nnnn4-c4ccccc4)c([N+](=O)[O-])c3)C(=O)NC2=S)c(C)c1. The van der Waals surface area contributed by atoms with Gasteiger partial charge in [0, 0.05) is 6.07 Å². The zero-order valence-electron chi connectivity index (χ0n) is 20.6. The van der Waals surface area contributed by atoms with Crippen molar-refractivity contribution < 1.29 is 14.5 Å². The maximum atomic E-state index is 13.4. The first-order chi connectivity index (χ1) is 18.7. The molecule has 0 spiro atoms. The van der Waals surface area contributed by atoms with Crippen LogP contribution in [0.2, 0.25) is 0 Å². The molecule has 0 unspecified atom stereocenters. The number of tetrazole rings is 1. The number of amides is 2. The summed E-state index contributed by atoms with van der Waals surface area (Å²) in [5, 5.41) is 26.5. The Bertz CT molecular complexity index is 1680. The zero-order valence-corrected chi connectivity index (χ0v) is 22.2. The standard InChI is InChI=1S/C26H19N7O4S2/c1-15-8-10-20(16(2)12-15)31-24(35)19(23(34)27-25(31)38)13-17-9-11-22(21(14-17)33(36)37)39-26-28-29-30-32(26)18-6-4-3-5-7-18/h3-14H,1-2H3,(H,27,34,38)/b19-13+. The zero-order chi connectivity index (χ0) is 27.7. The van der Waals surface area contributed by atoms with Crippen LogP contribution in [0.3, 0.4) is 0 Å². The van der Waals surface area contributed by atoms with Crippen LogP contribution in [0.5, 0.6) is 0 Å². The summed E-state index contributed by atoms with van der Waals surface area (Å²) < 4.78 is 1.47. The third kappa shape index (κ3) is 5.17. The summed E-state index contributed by atoms with van der Waals surface area (Å²) in [4.78, 5) is 39.1. The number of nitrogens with one attached hydrogen (secondary N) is 1. The maximum absolute atomic E-state index is 13.4. The number of nitrogens with zero attached hydrogens (tertiary/aromatic N) is 6. The number of thiocarbonyl (C=S) groups is 1. The quantitative estimate of drug-likeness (QED) is 0.122. The van der Waals surface area contributed by atoms with Crippen molar-refractivity contribution in [3.05, 3.63) is 99.1 Å². The van der Waals surface area contributed by atoms with Crippen LogP contribution in [-0.2, 0) is 9.59 Å². The molecule has 4 aromatic rings. The fourth-order valence-corrected chi connectivity index (χ4v) is 5.17. The molecule has 0 bridgehead atoms. The minimum absolute atomic E-state index is 0.0389. The molecule has 39 heavy (non-hydrogen) atoms. The predicted octanol–water partition coefficient (Wildman–Crippen LogP) is 4.17. The van der Waals surface area contributed by atoms with Gasteiger partial charge in [0.15, 0.2) is 5.11 Å². The summed E-state index contributed by atoms with van der Waals surface area (Å²) in [5.74, 6) is -1.31. The summed E-state index contributed by atoms with van der Waals surface area (Å²) in [6, 6.07) is 19.0. The van der Waals surface area contributed by atoms with E-state index in [2.05, 4.69) is 20.8 Å². The number of benzene rings is 3. The molecule has 1 aromatic heterocycles. The third-order valence-electron chi connectivity index (χ3n) is 5.83. The Hall–Kier alpha value is -4.75. The van der Waals surface area contributed by atoms with Crippen LogP contribution in [0.1, 0.15) is 16.7 Å². The highest BCUT2D eigenvalue weighted by molar-refractivity contribution is 7.99. The lowest BCUT2D eigenvalue weighted by molar-refractivity contribution is -0.387. The summed E-state index contributed by atoms with van der Waals surface area (Å²) in [6.07, 6.45) is 1.31. The molecule has 0 radical (unpaired) electrons. The molecule has 0 saturated carbocycles. The normalized spacial score (nSPS) is 14.6. The number of anilines is 1. The van der Waals surface area contributed by atoms with E-state index in [0.717, 1.165) is 22.9 Å². The summed E-state index contributed by atoms with van der Waals surface area (Å²) in [5.41, 5.74) is 2.90. The Kier molecular flexibility index (Phi) is 7.00. The first-order valence-corrected chi connectivity index (χ1v) is 12.7.